The van der Waals surface area contributed by atoms with Crippen LogP contribution in [-0.2, 0) is 15.7 Å². The van der Waals surface area contributed by atoms with Gasteiger partial charge in [0.05, 0.1) is 4.90 Å². The number of rotatable bonds is 4. The molecular weight excluding hydrogens is 480 g/mol. The van der Waals surface area contributed by atoms with Crippen molar-refractivity contribution in [2.45, 2.75) is 45.1 Å². The van der Waals surface area contributed by atoms with Crippen LogP contribution in [0.25, 0.3) is 0 Å². The summed E-state index contributed by atoms with van der Waals surface area (Å²) in [6, 6.07) is 11.5. The van der Waals surface area contributed by atoms with Gasteiger partial charge in [0.15, 0.2) is 0 Å². The Labute approximate surface area is 195 Å². The number of piperazine rings is 1. The van der Waals surface area contributed by atoms with Crippen LogP contribution in [0.3, 0.4) is 0 Å². The molecule has 1 fully saturated rings. The Morgan fingerprint density at radius 1 is 0.935 bits per heavy atom. The van der Waals surface area contributed by atoms with Gasteiger partial charge in [-0.1, -0.05) is 22.0 Å². The molecule has 1 atom stereocenters. The first kappa shape index (κ1) is 23.8. The summed E-state index contributed by atoms with van der Waals surface area (Å²) in [5, 5.41) is 0. The maximum atomic E-state index is 13.2. The molecule has 1 heterocycles. The average Bonchev–Trinajstić information content (AvgIpc) is 2.65. The summed E-state index contributed by atoms with van der Waals surface area (Å²) in [6.45, 7) is 11.6. The quantitative estimate of drug-likeness (QED) is 0.552. The third-order valence-corrected chi connectivity index (χ3v) is 6.53. The lowest BCUT2D eigenvalue weighted by atomic mass is 10.1. The maximum absolute atomic E-state index is 13.2. The summed E-state index contributed by atoms with van der Waals surface area (Å²) < 4.78 is 27.3. The molecule has 1 aliphatic rings. The van der Waals surface area contributed by atoms with Crippen LogP contribution >= 0.6 is 15.9 Å². The first-order chi connectivity index (χ1) is 14.5. The molecule has 1 amide bonds. The summed E-state index contributed by atoms with van der Waals surface area (Å²) in [7, 11) is -1.36. The summed E-state index contributed by atoms with van der Waals surface area (Å²) in [4.78, 5) is 14.6. The van der Waals surface area contributed by atoms with Gasteiger partial charge in [0.2, 0.25) is 0 Å². The van der Waals surface area contributed by atoms with Crippen LogP contribution in [0.15, 0.2) is 45.8 Å². The van der Waals surface area contributed by atoms with Crippen molar-refractivity contribution < 1.29 is 18.5 Å². The number of nitrogens with zero attached hydrogens (tertiary/aromatic N) is 2. The molecular formula is C23H29BrN2O4S. The minimum absolute atomic E-state index is 0.329. The van der Waals surface area contributed by atoms with Gasteiger partial charge < -0.3 is 14.4 Å². The molecule has 0 N–H and O–H groups in total. The Kier molecular flexibility index (Phi) is 7.44. The van der Waals surface area contributed by atoms with E-state index in [2.05, 4.69) is 22.0 Å². The third kappa shape index (κ3) is 6.79. The van der Waals surface area contributed by atoms with Gasteiger partial charge in [0, 0.05) is 30.7 Å². The summed E-state index contributed by atoms with van der Waals surface area (Å²) in [5.41, 5.74) is 1.72. The van der Waals surface area contributed by atoms with E-state index in [4.69, 9.17) is 9.47 Å². The van der Waals surface area contributed by atoms with Gasteiger partial charge in [-0.15, -0.1) is 0 Å². The highest BCUT2D eigenvalue weighted by Crippen LogP contribution is 2.30. The molecule has 0 bridgehead atoms. The number of hydrogen-bond acceptors (Lipinski definition) is 4. The van der Waals surface area contributed by atoms with E-state index >= 15 is 0 Å². The van der Waals surface area contributed by atoms with E-state index in [1.54, 1.807) is 11.0 Å². The van der Waals surface area contributed by atoms with Crippen molar-refractivity contribution >= 4 is 33.0 Å². The minimum Gasteiger partial charge on any atom is -0.457 e. The standard InChI is InChI=1S/C23H29BrN2O4S/c1-16-10-17(2)12-19(11-16)29-20-13-18(24)14-21(15-20)31(28)26-8-6-25(7-9-26)22(27)30-23(3,4)5/h10-15H,6-9H2,1-5H3. The van der Waals surface area contributed by atoms with Crippen LogP contribution in [0.1, 0.15) is 31.9 Å². The van der Waals surface area contributed by atoms with Crippen LogP contribution < -0.4 is 4.74 Å². The SMILES string of the molecule is Cc1cc(C)cc(Oc2cc(Br)cc(S(=O)N3CCN(C(=O)OC(C)(C)C)CC3)c2)c1. The van der Waals surface area contributed by atoms with Crippen LogP contribution in [0.2, 0.25) is 0 Å². The first-order valence-corrected chi connectivity index (χ1v) is 12.1. The number of aryl methyl sites for hydroxylation is 2. The van der Waals surface area contributed by atoms with Crippen molar-refractivity contribution in [1.82, 2.24) is 9.21 Å². The highest BCUT2D eigenvalue weighted by atomic mass is 79.9. The number of amides is 1. The Balaban J connectivity index is 1.68. The Bertz CT molecular complexity index is 962. The number of ether oxygens (including phenoxy) is 2. The molecule has 0 saturated carbocycles. The van der Waals surface area contributed by atoms with Gasteiger partial charge in [-0.2, -0.15) is 0 Å². The summed E-state index contributed by atoms with van der Waals surface area (Å²) >= 11 is 3.50. The average molecular weight is 509 g/mol. The predicted octanol–water partition coefficient (Wildman–Crippen LogP) is 5.43. The fraction of sp³-hybridized carbons (Fsp3) is 0.435. The molecule has 168 valence electrons. The highest BCUT2D eigenvalue weighted by Gasteiger charge is 2.28. The Morgan fingerprint density at radius 3 is 2.10 bits per heavy atom. The number of carbonyl (C=O) groups is 1. The van der Waals surface area contributed by atoms with E-state index in [9.17, 15) is 9.00 Å². The van der Waals surface area contributed by atoms with Gasteiger partial charge in [-0.25, -0.2) is 13.3 Å². The van der Waals surface area contributed by atoms with Crippen LogP contribution in [0, 0.1) is 13.8 Å². The maximum Gasteiger partial charge on any atom is 0.410 e. The second-order valence-corrected chi connectivity index (χ2v) is 11.1. The number of carbonyl (C=O) groups excluding carboxylic acids is 1. The van der Waals surface area contributed by atoms with Gasteiger partial charge in [0.1, 0.15) is 28.1 Å². The largest absolute Gasteiger partial charge is 0.457 e. The van der Waals surface area contributed by atoms with Crippen molar-refractivity contribution in [2.75, 3.05) is 26.2 Å². The van der Waals surface area contributed by atoms with Crippen molar-refractivity contribution in [3.8, 4) is 11.5 Å². The van der Waals surface area contributed by atoms with Gasteiger partial charge >= 0.3 is 6.09 Å². The van der Waals surface area contributed by atoms with Crippen LogP contribution in [0.5, 0.6) is 11.5 Å². The normalized spacial score (nSPS) is 16.1. The second kappa shape index (κ2) is 9.71. The highest BCUT2D eigenvalue weighted by molar-refractivity contribution is 9.10. The fourth-order valence-corrected chi connectivity index (χ4v) is 5.20. The molecule has 8 heteroatoms. The zero-order chi connectivity index (χ0) is 22.8. The smallest absolute Gasteiger partial charge is 0.410 e. The number of benzene rings is 2. The predicted molar refractivity (Wildman–Crippen MR) is 126 cm³/mol. The van der Waals surface area contributed by atoms with E-state index in [1.807, 2.05) is 63.2 Å². The topological polar surface area (TPSA) is 59.1 Å². The Hall–Kier alpha value is -1.90. The zero-order valence-corrected chi connectivity index (χ0v) is 21.0. The minimum atomic E-state index is -1.36. The first-order valence-electron chi connectivity index (χ1n) is 10.2. The van der Waals surface area contributed by atoms with E-state index in [0.717, 1.165) is 21.3 Å². The van der Waals surface area contributed by atoms with Crippen LogP contribution in [0.4, 0.5) is 4.79 Å². The van der Waals surface area contributed by atoms with Crippen molar-refractivity contribution in [1.29, 1.82) is 0 Å². The zero-order valence-electron chi connectivity index (χ0n) is 18.6. The molecule has 2 aromatic carbocycles. The third-order valence-electron chi connectivity index (χ3n) is 4.60. The van der Waals surface area contributed by atoms with Gasteiger partial charge in [-0.05, 0) is 76.1 Å². The van der Waals surface area contributed by atoms with Gasteiger partial charge in [-0.3, -0.25) is 0 Å². The van der Waals surface area contributed by atoms with E-state index < -0.39 is 16.6 Å². The van der Waals surface area contributed by atoms with Crippen molar-refractivity contribution in [2.24, 2.45) is 0 Å². The fourth-order valence-electron chi connectivity index (χ4n) is 3.34. The Morgan fingerprint density at radius 2 is 1.52 bits per heavy atom. The molecule has 1 unspecified atom stereocenters. The lowest BCUT2D eigenvalue weighted by Gasteiger charge is -2.34. The van der Waals surface area contributed by atoms with E-state index in [-0.39, 0.29) is 6.09 Å². The van der Waals surface area contributed by atoms with E-state index in [1.165, 1.54) is 0 Å². The monoisotopic (exact) mass is 508 g/mol. The van der Waals surface area contributed by atoms with Crippen molar-refractivity contribution in [3.05, 3.63) is 52.0 Å². The molecule has 6 nitrogen and oxygen atoms in total. The molecule has 3 rings (SSSR count). The number of hydrogen-bond donors (Lipinski definition) is 0. The molecule has 0 spiro atoms. The van der Waals surface area contributed by atoms with Crippen molar-refractivity contribution in [3.63, 3.8) is 0 Å². The molecule has 31 heavy (non-hydrogen) atoms. The molecule has 0 aromatic heterocycles. The number of halogens is 1. The summed E-state index contributed by atoms with van der Waals surface area (Å²) in [6.07, 6.45) is -0.329. The molecule has 0 radical (unpaired) electrons. The molecule has 0 aliphatic carbocycles. The summed E-state index contributed by atoms with van der Waals surface area (Å²) in [5.74, 6) is 1.37. The van der Waals surface area contributed by atoms with Gasteiger partial charge in [0.25, 0.3) is 0 Å². The molecule has 1 saturated heterocycles. The molecule has 1 aliphatic heterocycles. The van der Waals surface area contributed by atoms with Crippen LogP contribution in [-0.4, -0.2) is 51.3 Å². The lowest BCUT2D eigenvalue weighted by molar-refractivity contribution is 0.0195. The van der Waals surface area contributed by atoms with E-state index in [0.29, 0.717) is 36.8 Å². The molecule has 2 aromatic rings. The lowest BCUT2D eigenvalue weighted by Crippen LogP contribution is -2.50. The second-order valence-electron chi connectivity index (χ2n) is 8.69.